The van der Waals surface area contributed by atoms with Gasteiger partial charge in [-0.15, -0.1) is 0 Å². The SMILES string of the molecule is CCN(CC)[SiH2]CCCN(C)C. The maximum absolute atomic E-state index is 2.62. The molecule has 0 aromatic carbocycles. The van der Waals surface area contributed by atoms with Crippen molar-refractivity contribution in [1.29, 1.82) is 0 Å². The number of hydrogen-bond acceptors (Lipinski definition) is 2. The molecule has 0 saturated heterocycles. The van der Waals surface area contributed by atoms with Crippen molar-refractivity contribution in [2.24, 2.45) is 0 Å². The predicted octanol–water partition coefficient (Wildman–Crippen LogP) is 0.782. The molecule has 0 bridgehead atoms. The van der Waals surface area contributed by atoms with Crippen LogP contribution in [-0.4, -0.2) is 52.9 Å². The van der Waals surface area contributed by atoms with Gasteiger partial charge in [0.25, 0.3) is 0 Å². The van der Waals surface area contributed by atoms with E-state index in [9.17, 15) is 0 Å². The molecule has 0 fully saturated rings. The molecule has 0 unspecified atom stereocenters. The quantitative estimate of drug-likeness (QED) is 0.430. The fourth-order valence-corrected chi connectivity index (χ4v) is 2.83. The van der Waals surface area contributed by atoms with Gasteiger partial charge in [0.1, 0.15) is 0 Å². The molecule has 0 aliphatic rings. The summed E-state index contributed by atoms with van der Waals surface area (Å²) in [7, 11) is 4.39. The lowest BCUT2D eigenvalue weighted by molar-refractivity contribution is 0.405. The summed E-state index contributed by atoms with van der Waals surface area (Å²) in [5.41, 5.74) is 0. The van der Waals surface area contributed by atoms with E-state index < -0.39 is 0 Å². The van der Waals surface area contributed by atoms with Crippen molar-refractivity contribution in [3.8, 4) is 0 Å². The highest BCUT2D eigenvalue weighted by atomic mass is 28.2. The van der Waals surface area contributed by atoms with Crippen molar-refractivity contribution < 1.29 is 0 Å². The molecule has 3 heteroatoms. The van der Waals surface area contributed by atoms with Crippen LogP contribution in [0.4, 0.5) is 0 Å². The topological polar surface area (TPSA) is 6.48 Å². The minimum Gasteiger partial charge on any atom is -0.330 e. The van der Waals surface area contributed by atoms with Crippen LogP contribution in [0.3, 0.4) is 0 Å². The van der Waals surface area contributed by atoms with Crippen molar-refractivity contribution in [2.45, 2.75) is 26.3 Å². The van der Waals surface area contributed by atoms with Crippen LogP contribution in [-0.2, 0) is 0 Å². The lowest BCUT2D eigenvalue weighted by Crippen LogP contribution is -2.27. The monoisotopic (exact) mass is 188 g/mol. The van der Waals surface area contributed by atoms with Crippen LogP contribution < -0.4 is 0 Å². The van der Waals surface area contributed by atoms with Gasteiger partial charge in [-0.05, 0) is 46.2 Å². The number of rotatable bonds is 7. The lowest BCUT2D eigenvalue weighted by atomic mass is 10.5. The van der Waals surface area contributed by atoms with Gasteiger partial charge in [0, 0.05) is 0 Å². The lowest BCUT2D eigenvalue weighted by Gasteiger charge is -2.17. The van der Waals surface area contributed by atoms with Gasteiger partial charge in [0.05, 0.1) is 9.68 Å². The summed E-state index contributed by atoms with van der Waals surface area (Å²) in [4.78, 5) is 2.27. The maximum Gasteiger partial charge on any atom is 0.0950 e. The Bertz CT molecular complexity index is 92.5. The highest BCUT2D eigenvalue weighted by molar-refractivity contribution is 6.31. The third-order valence-corrected chi connectivity index (χ3v) is 4.57. The summed E-state index contributed by atoms with van der Waals surface area (Å²) in [5.74, 6) is 0. The van der Waals surface area contributed by atoms with Crippen LogP contribution in [0.1, 0.15) is 20.3 Å². The summed E-state index contributed by atoms with van der Waals surface area (Å²) < 4.78 is 2.62. The van der Waals surface area contributed by atoms with E-state index in [-0.39, 0.29) is 9.68 Å². The van der Waals surface area contributed by atoms with E-state index in [1.54, 1.807) is 0 Å². The Morgan fingerprint density at radius 3 is 2.08 bits per heavy atom. The van der Waals surface area contributed by atoms with Gasteiger partial charge in [-0.25, -0.2) is 0 Å². The zero-order valence-corrected chi connectivity index (χ0v) is 10.6. The fraction of sp³-hybridized carbons (Fsp3) is 1.00. The van der Waals surface area contributed by atoms with Gasteiger partial charge < -0.3 is 9.47 Å². The van der Waals surface area contributed by atoms with E-state index in [4.69, 9.17) is 0 Å². The van der Waals surface area contributed by atoms with Crippen LogP contribution >= 0.6 is 0 Å². The predicted molar refractivity (Wildman–Crippen MR) is 59.4 cm³/mol. The Balaban J connectivity index is 3.17. The molecular weight excluding hydrogens is 164 g/mol. The Kier molecular flexibility index (Phi) is 7.86. The van der Waals surface area contributed by atoms with Crippen LogP contribution in [0.5, 0.6) is 0 Å². The van der Waals surface area contributed by atoms with Crippen LogP contribution in [0.2, 0.25) is 6.04 Å². The molecule has 74 valence electrons. The molecule has 0 aromatic rings. The fourth-order valence-electron chi connectivity index (χ4n) is 1.30. The van der Waals surface area contributed by atoms with Crippen LogP contribution in [0.15, 0.2) is 0 Å². The van der Waals surface area contributed by atoms with E-state index in [0.29, 0.717) is 0 Å². The molecule has 0 atom stereocenters. The minimum atomic E-state index is 0.0890. The molecule has 0 aliphatic carbocycles. The standard InChI is InChI=1S/C9H24N2Si/c1-5-11(6-2)12-9-7-8-10(3)4/h5-9,12H2,1-4H3. The molecule has 2 nitrogen and oxygen atoms in total. The highest BCUT2D eigenvalue weighted by Gasteiger charge is 1.98. The molecule has 0 rings (SSSR count). The second kappa shape index (κ2) is 7.77. The summed E-state index contributed by atoms with van der Waals surface area (Å²) in [6, 6.07) is 1.47. The zero-order chi connectivity index (χ0) is 9.40. The van der Waals surface area contributed by atoms with Gasteiger partial charge in [0.2, 0.25) is 0 Å². The van der Waals surface area contributed by atoms with Gasteiger partial charge in [0.15, 0.2) is 0 Å². The second-order valence-electron chi connectivity index (χ2n) is 3.54. The molecule has 0 aromatic heterocycles. The van der Waals surface area contributed by atoms with Gasteiger partial charge in [-0.2, -0.15) is 0 Å². The number of nitrogens with zero attached hydrogens (tertiary/aromatic N) is 2. The Labute approximate surface area is 79.8 Å². The van der Waals surface area contributed by atoms with Crippen LogP contribution in [0.25, 0.3) is 0 Å². The first-order valence-electron chi connectivity index (χ1n) is 5.07. The first-order valence-corrected chi connectivity index (χ1v) is 6.71. The van der Waals surface area contributed by atoms with Crippen molar-refractivity contribution in [3.05, 3.63) is 0 Å². The van der Waals surface area contributed by atoms with Gasteiger partial charge >= 0.3 is 0 Å². The van der Waals surface area contributed by atoms with Crippen molar-refractivity contribution in [2.75, 3.05) is 33.7 Å². The van der Waals surface area contributed by atoms with E-state index >= 15 is 0 Å². The molecule has 12 heavy (non-hydrogen) atoms. The molecular formula is C9H24N2Si. The van der Waals surface area contributed by atoms with E-state index in [1.165, 1.54) is 32.1 Å². The summed E-state index contributed by atoms with van der Waals surface area (Å²) >= 11 is 0. The molecule has 0 aliphatic heterocycles. The average molecular weight is 188 g/mol. The Morgan fingerprint density at radius 1 is 1.08 bits per heavy atom. The van der Waals surface area contributed by atoms with Gasteiger partial charge in [-0.1, -0.05) is 13.8 Å². The molecule has 0 heterocycles. The molecule has 0 spiro atoms. The van der Waals surface area contributed by atoms with Crippen molar-refractivity contribution in [1.82, 2.24) is 9.47 Å². The molecule has 0 saturated carbocycles. The first kappa shape index (κ1) is 12.1. The van der Waals surface area contributed by atoms with E-state index in [0.717, 1.165) is 0 Å². The van der Waals surface area contributed by atoms with Crippen molar-refractivity contribution in [3.63, 3.8) is 0 Å². The Hall–Kier alpha value is 0.137. The summed E-state index contributed by atoms with van der Waals surface area (Å²) in [6.45, 7) is 8.30. The smallest absolute Gasteiger partial charge is 0.0950 e. The zero-order valence-electron chi connectivity index (χ0n) is 9.14. The van der Waals surface area contributed by atoms with Crippen molar-refractivity contribution >= 4 is 9.68 Å². The molecule has 0 N–H and O–H groups in total. The normalized spacial score (nSPS) is 12.5. The summed E-state index contributed by atoms with van der Waals surface area (Å²) in [5, 5.41) is 0. The second-order valence-corrected chi connectivity index (χ2v) is 5.59. The maximum atomic E-state index is 2.62. The van der Waals surface area contributed by atoms with E-state index in [2.05, 4.69) is 37.4 Å². The minimum absolute atomic E-state index is 0.0890. The molecule has 0 radical (unpaired) electrons. The third-order valence-electron chi connectivity index (χ3n) is 2.22. The molecule has 0 amide bonds. The Morgan fingerprint density at radius 2 is 1.67 bits per heavy atom. The average Bonchev–Trinajstić information content (AvgIpc) is 2.04. The largest absolute Gasteiger partial charge is 0.330 e. The highest BCUT2D eigenvalue weighted by Crippen LogP contribution is 1.94. The third kappa shape index (κ3) is 6.82. The van der Waals surface area contributed by atoms with E-state index in [1.807, 2.05) is 0 Å². The first-order chi connectivity index (χ1) is 5.70. The number of hydrogen-bond donors (Lipinski definition) is 0. The van der Waals surface area contributed by atoms with Crippen LogP contribution in [0, 0.1) is 0 Å². The van der Waals surface area contributed by atoms with Gasteiger partial charge in [-0.3, -0.25) is 0 Å². The summed E-state index contributed by atoms with van der Waals surface area (Å²) in [6.07, 6.45) is 1.38.